The molecular weight excluding hydrogens is 177 g/mol. The van der Waals surface area contributed by atoms with Gasteiger partial charge in [-0.25, -0.2) is 4.39 Å². The summed E-state index contributed by atoms with van der Waals surface area (Å²) < 4.78 is 13.3. The highest BCUT2D eigenvalue weighted by Crippen LogP contribution is 2.17. The zero-order valence-electron chi connectivity index (χ0n) is 9.76. The fraction of sp³-hybridized carbons (Fsp3) is 0.500. The van der Waals surface area contributed by atoms with Crippen LogP contribution in [0.15, 0.2) is 35.8 Å². The second-order valence-corrected chi connectivity index (χ2v) is 3.87. The van der Waals surface area contributed by atoms with Crippen molar-refractivity contribution >= 4 is 0 Å². The molecule has 0 aliphatic heterocycles. The Bertz CT molecular complexity index is 259. The van der Waals surface area contributed by atoms with E-state index in [4.69, 9.17) is 0 Å². The van der Waals surface area contributed by atoms with E-state index in [-0.39, 0.29) is 5.83 Å². The van der Waals surface area contributed by atoms with Gasteiger partial charge in [-0.2, -0.15) is 0 Å². The van der Waals surface area contributed by atoms with Gasteiger partial charge in [0.15, 0.2) is 0 Å². The second-order valence-electron chi connectivity index (χ2n) is 3.87. The van der Waals surface area contributed by atoms with Gasteiger partial charge in [0.05, 0.1) is 5.70 Å². The van der Waals surface area contributed by atoms with E-state index in [0.717, 1.165) is 5.57 Å². The molecule has 0 aliphatic rings. The number of hydrogen-bond acceptors (Lipinski definition) is 1. The molecule has 0 saturated heterocycles. The number of allylic oxidation sites excluding steroid dienone is 4. The minimum absolute atomic E-state index is 0.282. The molecule has 80 valence electrons. The van der Waals surface area contributed by atoms with Crippen molar-refractivity contribution in [1.29, 1.82) is 0 Å². The fourth-order valence-corrected chi connectivity index (χ4v) is 0.899. The van der Waals surface area contributed by atoms with Gasteiger partial charge in [-0.05, 0) is 25.0 Å². The van der Waals surface area contributed by atoms with Crippen LogP contribution in [0.5, 0.6) is 0 Å². The maximum atomic E-state index is 13.3. The quantitative estimate of drug-likeness (QED) is 0.623. The van der Waals surface area contributed by atoms with E-state index >= 15 is 0 Å². The van der Waals surface area contributed by atoms with Crippen molar-refractivity contribution in [3.05, 3.63) is 35.8 Å². The third-order valence-corrected chi connectivity index (χ3v) is 2.18. The maximum absolute atomic E-state index is 13.3. The first kappa shape index (κ1) is 12.9. The Balaban J connectivity index is 5.07. The van der Waals surface area contributed by atoms with Crippen molar-refractivity contribution in [3.63, 3.8) is 0 Å². The van der Waals surface area contributed by atoms with Gasteiger partial charge >= 0.3 is 0 Å². The van der Waals surface area contributed by atoms with Crippen molar-refractivity contribution in [2.75, 3.05) is 14.1 Å². The first-order valence-corrected chi connectivity index (χ1v) is 4.77. The fourth-order valence-electron chi connectivity index (χ4n) is 0.899. The summed E-state index contributed by atoms with van der Waals surface area (Å²) >= 11 is 0. The molecule has 0 atom stereocenters. The molecular formula is C12H20FN. The predicted molar refractivity (Wildman–Crippen MR) is 60.6 cm³/mol. The Morgan fingerprint density at radius 2 is 1.86 bits per heavy atom. The lowest BCUT2D eigenvalue weighted by Crippen LogP contribution is -2.11. The van der Waals surface area contributed by atoms with Gasteiger partial charge in [-0.15, -0.1) is 0 Å². The molecule has 0 aromatic carbocycles. The normalized spacial score (nSPS) is 14.1. The summed E-state index contributed by atoms with van der Waals surface area (Å²) in [6.07, 6.45) is 3.10. The average Bonchev–Trinajstić information content (AvgIpc) is 2.11. The smallest absolute Gasteiger partial charge is 0.145 e. The van der Waals surface area contributed by atoms with Crippen molar-refractivity contribution in [2.24, 2.45) is 5.92 Å². The Kier molecular flexibility index (Phi) is 5.21. The highest BCUT2D eigenvalue weighted by atomic mass is 19.1. The van der Waals surface area contributed by atoms with Crippen LogP contribution in [-0.2, 0) is 0 Å². The van der Waals surface area contributed by atoms with Gasteiger partial charge in [0.1, 0.15) is 5.83 Å². The van der Waals surface area contributed by atoms with E-state index in [1.54, 1.807) is 4.90 Å². The van der Waals surface area contributed by atoms with Crippen LogP contribution in [0.3, 0.4) is 0 Å². The second kappa shape index (κ2) is 5.63. The van der Waals surface area contributed by atoms with E-state index < -0.39 is 0 Å². The zero-order valence-corrected chi connectivity index (χ0v) is 9.76. The molecule has 0 unspecified atom stereocenters. The number of halogens is 1. The third kappa shape index (κ3) is 3.77. The van der Waals surface area contributed by atoms with Crippen LogP contribution in [0, 0.1) is 5.92 Å². The monoisotopic (exact) mass is 197 g/mol. The largest absolute Gasteiger partial charge is 0.375 e. The molecule has 0 N–H and O–H groups in total. The minimum atomic E-state index is -0.282. The molecule has 0 aromatic heterocycles. The minimum Gasteiger partial charge on any atom is -0.375 e. The highest BCUT2D eigenvalue weighted by molar-refractivity contribution is 5.29. The summed E-state index contributed by atoms with van der Waals surface area (Å²) in [6, 6.07) is 0. The first-order valence-electron chi connectivity index (χ1n) is 4.77. The van der Waals surface area contributed by atoms with Gasteiger partial charge in [0.25, 0.3) is 0 Å². The van der Waals surface area contributed by atoms with Crippen LogP contribution in [-0.4, -0.2) is 19.0 Å². The highest BCUT2D eigenvalue weighted by Gasteiger charge is 2.05. The summed E-state index contributed by atoms with van der Waals surface area (Å²) in [4.78, 5) is 1.75. The first-order chi connectivity index (χ1) is 6.40. The predicted octanol–water partition coefficient (Wildman–Crippen LogP) is 3.52. The molecule has 0 rings (SSSR count). The van der Waals surface area contributed by atoms with Crippen molar-refractivity contribution in [2.45, 2.75) is 20.8 Å². The van der Waals surface area contributed by atoms with E-state index in [2.05, 4.69) is 20.4 Å². The van der Waals surface area contributed by atoms with Gasteiger partial charge < -0.3 is 4.90 Å². The molecule has 0 fully saturated rings. The molecule has 2 heteroatoms. The van der Waals surface area contributed by atoms with Crippen LogP contribution in [0.2, 0.25) is 0 Å². The number of rotatable bonds is 4. The Labute approximate surface area is 86.6 Å². The van der Waals surface area contributed by atoms with Crippen LogP contribution < -0.4 is 0 Å². The van der Waals surface area contributed by atoms with Gasteiger partial charge in [0, 0.05) is 14.1 Å². The lowest BCUT2D eigenvalue weighted by Gasteiger charge is -2.16. The third-order valence-electron chi connectivity index (χ3n) is 2.18. The Morgan fingerprint density at radius 3 is 2.14 bits per heavy atom. The lowest BCUT2D eigenvalue weighted by atomic mass is 10.0. The summed E-state index contributed by atoms with van der Waals surface area (Å²) in [5, 5.41) is 0. The molecule has 0 spiro atoms. The van der Waals surface area contributed by atoms with E-state index in [9.17, 15) is 4.39 Å². The molecule has 0 heterocycles. The molecule has 0 amide bonds. The molecule has 0 saturated carbocycles. The summed E-state index contributed by atoms with van der Waals surface area (Å²) in [6.45, 7) is 9.61. The maximum Gasteiger partial charge on any atom is 0.145 e. The molecule has 0 radical (unpaired) electrons. The van der Waals surface area contributed by atoms with Crippen molar-refractivity contribution < 1.29 is 4.39 Å². The van der Waals surface area contributed by atoms with Crippen LogP contribution in [0.25, 0.3) is 0 Å². The Morgan fingerprint density at radius 1 is 1.36 bits per heavy atom. The Hall–Kier alpha value is -1.05. The van der Waals surface area contributed by atoms with Crippen LogP contribution >= 0.6 is 0 Å². The molecule has 0 aliphatic carbocycles. The molecule has 14 heavy (non-hydrogen) atoms. The summed E-state index contributed by atoms with van der Waals surface area (Å²) in [7, 11) is 3.64. The van der Waals surface area contributed by atoms with Crippen molar-refractivity contribution in [1.82, 2.24) is 4.90 Å². The SMILES string of the molecule is C=C/C(F)=C(\C=C(/C)C(C)C)N(C)C. The van der Waals surface area contributed by atoms with E-state index in [0.29, 0.717) is 11.6 Å². The number of likely N-dealkylation sites (N-methyl/N-ethyl adjacent to an activating group) is 1. The van der Waals surface area contributed by atoms with Gasteiger partial charge in [-0.3, -0.25) is 0 Å². The van der Waals surface area contributed by atoms with Crippen LogP contribution in [0.4, 0.5) is 4.39 Å². The van der Waals surface area contributed by atoms with Gasteiger partial charge in [-0.1, -0.05) is 26.0 Å². The zero-order chi connectivity index (χ0) is 11.3. The van der Waals surface area contributed by atoms with Crippen molar-refractivity contribution in [3.8, 4) is 0 Å². The van der Waals surface area contributed by atoms with E-state index in [1.165, 1.54) is 6.08 Å². The van der Waals surface area contributed by atoms with Gasteiger partial charge in [0.2, 0.25) is 0 Å². The molecule has 0 bridgehead atoms. The van der Waals surface area contributed by atoms with E-state index in [1.807, 2.05) is 27.1 Å². The number of nitrogens with zero attached hydrogens (tertiary/aromatic N) is 1. The number of hydrogen-bond donors (Lipinski definition) is 0. The molecule has 1 nitrogen and oxygen atoms in total. The van der Waals surface area contributed by atoms with Crippen LogP contribution in [0.1, 0.15) is 20.8 Å². The summed E-state index contributed by atoms with van der Waals surface area (Å²) in [5.74, 6) is 0.151. The lowest BCUT2D eigenvalue weighted by molar-refractivity contribution is 0.494. The average molecular weight is 197 g/mol. The molecule has 0 aromatic rings. The summed E-state index contributed by atoms with van der Waals surface area (Å²) in [5.41, 5.74) is 1.73. The standard InChI is InChI=1S/C12H20FN/c1-7-11(13)12(14(5)6)8-10(4)9(2)3/h7-9H,1H2,2-6H3/b10-8+,12-11-. The topological polar surface area (TPSA) is 3.24 Å².